The van der Waals surface area contributed by atoms with E-state index in [4.69, 9.17) is 4.84 Å². The van der Waals surface area contributed by atoms with Crippen LogP contribution < -0.4 is 10.6 Å². The van der Waals surface area contributed by atoms with E-state index in [0.29, 0.717) is 17.7 Å². The summed E-state index contributed by atoms with van der Waals surface area (Å²) in [7, 11) is 1.52. The quantitative estimate of drug-likeness (QED) is 0.815. The lowest BCUT2D eigenvalue weighted by Crippen LogP contribution is -2.50. The van der Waals surface area contributed by atoms with Crippen molar-refractivity contribution in [3.8, 4) is 0 Å². The number of carbonyl (C=O) groups excluding carboxylic acids is 2. The largest absolute Gasteiger partial charge is 0.382 e. The molecule has 7 heteroatoms. The summed E-state index contributed by atoms with van der Waals surface area (Å²) in [6.07, 6.45) is -0.288. The number of carbonyl (C=O) groups is 2. The van der Waals surface area contributed by atoms with Gasteiger partial charge in [-0.3, -0.25) is 9.59 Å². The zero-order chi connectivity index (χ0) is 19.2. The van der Waals surface area contributed by atoms with E-state index in [1.807, 2.05) is 30.3 Å². The molecule has 3 rings (SSSR count). The number of oxime groups is 1. The van der Waals surface area contributed by atoms with Crippen molar-refractivity contribution in [2.45, 2.75) is 25.0 Å². The van der Waals surface area contributed by atoms with Gasteiger partial charge in [-0.25, -0.2) is 4.39 Å². The summed E-state index contributed by atoms with van der Waals surface area (Å²) in [5.41, 5.74) is 1.99. The molecule has 0 saturated carbocycles. The van der Waals surface area contributed by atoms with Gasteiger partial charge in [-0.2, -0.15) is 0 Å². The summed E-state index contributed by atoms with van der Waals surface area (Å²) >= 11 is 0. The predicted molar refractivity (Wildman–Crippen MR) is 98.6 cm³/mol. The molecule has 2 aromatic carbocycles. The van der Waals surface area contributed by atoms with Crippen LogP contribution in [0.15, 0.2) is 59.8 Å². The Labute approximate surface area is 156 Å². The minimum atomic E-state index is -0.855. The first-order valence-electron chi connectivity index (χ1n) is 8.61. The molecule has 0 aliphatic carbocycles. The van der Waals surface area contributed by atoms with E-state index in [9.17, 15) is 14.0 Å². The van der Waals surface area contributed by atoms with Gasteiger partial charge >= 0.3 is 0 Å². The first-order chi connectivity index (χ1) is 13.1. The van der Waals surface area contributed by atoms with Crippen LogP contribution in [0.3, 0.4) is 0 Å². The molecular weight excluding hydrogens is 349 g/mol. The fourth-order valence-corrected chi connectivity index (χ4v) is 2.85. The molecule has 1 heterocycles. The highest BCUT2D eigenvalue weighted by Crippen LogP contribution is 2.18. The highest BCUT2D eigenvalue weighted by molar-refractivity contribution is 6.04. The van der Waals surface area contributed by atoms with Crippen LogP contribution in [-0.4, -0.2) is 36.7 Å². The number of amides is 2. The lowest BCUT2D eigenvalue weighted by molar-refractivity contribution is -0.135. The van der Waals surface area contributed by atoms with Crippen LogP contribution in [-0.2, 0) is 20.8 Å². The van der Waals surface area contributed by atoms with E-state index < -0.39 is 18.1 Å². The number of likely N-dealkylation sites (N-methyl/N-ethyl adjacent to an activating group) is 1. The molecule has 6 nitrogen and oxygen atoms in total. The van der Waals surface area contributed by atoms with Crippen molar-refractivity contribution in [1.82, 2.24) is 10.6 Å². The van der Waals surface area contributed by atoms with Gasteiger partial charge in [-0.15, -0.1) is 0 Å². The van der Waals surface area contributed by atoms with Gasteiger partial charge in [0.05, 0.1) is 5.71 Å². The molecule has 140 valence electrons. The summed E-state index contributed by atoms with van der Waals surface area (Å²) in [5.74, 6) is -1.11. The molecule has 0 unspecified atom stereocenters. The Morgan fingerprint density at radius 2 is 2.00 bits per heavy atom. The Bertz CT molecular complexity index is 855. The Hall–Kier alpha value is -3.22. The van der Waals surface area contributed by atoms with Gasteiger partial charge < -0.3 is 15.5 Å². The lowest BCUT2D eigenvalue weighted by Gasteiger charge is -2.19. The van der Waals surface area contributed by atoms with Crippen LogP contribution >= 0.6 is 0 Å². The second-order valence-electron chi connectivity index (χ2n) is 6.21. The summed E-state index contributed by atoms with van der Waals surface area (Å²) in [6.45, 7) is 0. The van der Waals surface area contributed by atoms with Gasteiger partial charge in [0.15, 0.2) is 0 Å². The zero-order valence-electron chi connectivity index (χ0n) is 14.8. The van der Waals surface area contributed by atoms with Gasteiger partial charge in [-0.05, 0) is 17.7 Å². The van der Waals surface area contributed by atoms with E-state index in [2.05, 4.69) is 15.8 Å². The molecule has 2 aromatic rings. The van der Waals surface area contributed by atoms with Crippen molar-refractivity contribution >= 4 is 17.5 Å². The minimum absolute atomic E-state index is 0.209. The van der Waals surface area contributed by atoms with Crippen LogP contribution in [0.5, 0.6) is 0 Å². The van der Waals surface area contributed by atoms with Crippen molar-refractivity contribution in [3.05, 3.63) is 71.5 Å². The molecule has 2 N–H and O–H groups in total. The highest BCUT2D eigenvalue weighted by Gasteiger charge is 2.31. The number of rotatable bonds is 6. The van der Waals surface area contributed by atoms with E-state index in [1.165, 1.54) is 19.2 Å². The third kappa shape index (κ3) is 4.69. The number of nitrogens with zero attached hydrogens (tertiary/aromatic N) is 1. The first kappa shape index (κ1) is 18.6. The Balaban J connectivity index is 1.63. The molecule has 0 fully saturated rings. The minimum Gasteiger partial charge on any atom is -0.382 e. The van der Waals surface area contributed by atoms with Crippen molar-refractivity contribution in [3.63, 3.8) is 0 Å². The second-order valence-corrected chi connectivity index (χ2v) is 6.21. The lowest BCUT2D eigenvalue weighted by atomic mass is 10.0. The maximum atomic E-state index is 13.4. The monoisotopic (exact) mass is 369 g/mol. The fraction of sp³-hybridized carbons (Fsp3) is 0.250. The van der Waals surface area contributed by atoms with E-state index in [-0.39, 0.29) is 18.1 Å². The van der Waals surface area contributed by atoms with Crippen molar-refractivity contribution in [2.75, 3.05) is 7.05 Å². The molecule has 0 aromatic heterocycles. The van der Waals surface area contributed by atoms with Crippen LogP contribution in [0.1, 0.15) is 17.5 Å². The average molecular weight is 369 g/mol. The maximum absolute atomic E-state index is 13.4. The highest BCUT2D eigenvalue weighted by atomic mass is 19.1. The third-order valence-electron chi connectivity index (χ3n) is 4.28. The van der Waals surface area contributed by atoms with Crippen LogP contribution in [0.4, 0.5) is 4.39 Å². The van der Waals surface area contributed by atoms with Gasteiger partial charge in [0.2, 0.25) is 12.0 Å². The van der Waals surface area contributed by atoms with Gasteiger partial charge in [-0.1, -0.05) is 47.6 Å². The molecule has 27 heavy (non-hydrogen) atoms. The zero-order valence-corrected chi connectivity index (χ0v) is 14.8. The van der Waals surface area contributed by atoms with Crippen LogP contribution in [0.2, 0.25) is 0 Å². The Morgan fingerprint density at radius 3 is 2.70 bits per heavy atom. The van der Waals surface area contributed by atoms with Crippen LogP contribution in [0, 0.1) is 5.82 Å². The fourth-order valence-electron chi connectivity index (χ4n) is 2.85. The molecule has 0 radical (unpaired) electrons. The number of hydrogen-bond acceptors (Lipinski definition) is 4. The number of halogens is 1. The summed E-state index contributed by atoms with van der Waals surface area (Å²) in [4.78, 5) is 29.9. The first-order valence-corrected chi connectivity index (χ1v) is 8.61. The Morgan fingerprint density at radius 1 is 1.22 bits per heavy atom. The topological polar surface area (TPSA) is 79.8 Å². The predicted octanol–water partition coefficient (Wildman–Crippen LogP) is 1.79. The second kappa shape index (κ2) is 8.44. The SMILES string of the molecule is CNC(=O)[C@H](Cc1ccccc1)NC(=O)[C@H]1CC(c2cccc(F)c2)=NO1. The van der Waals surface area contributed by atoms with E-state index in [0.717, 1.165) is 5.56 Å². The Kier molecular flexibility index (Phi) is 5.80. The smallest absolute Gasteiger partial charge is 0.265 e. The van der Waals surface area contributed by atoms with Crippen molar-refractivity contribution < 1.29 is 18.8 Å². The van der Waals surface area contributed by atoms with Gasteiger partial charge in [0.25, 0.3) is 5.91 Å². The molecule has 0 bridgehead atoms. The van der Waals surface area contributed by atoms with Crippen molar-refractivity contribution in [1.29, 1.82) is 0 Å². The summed E-state index contributed by atoms with van der Waals surface area (Å²) < 4.78 is 13.4. The number of hydrogen-bond donors (Lipinski definition) is 2. The molecule has 0 saturated heterocycles. The van der Waals surface area contributed by atoms with E-state index in [1.54, 1.807) is 12.1 Å². The molecule has 1 aliphatic heterocycles. The molecule has 1 aliphatic rings. The van der Waals surface area contributed by atoms with E-state index >= 15 is 0 Å². The normalized spacial score (nSPS) is 16.8. The average Bonchev–Trinajstić information content (AvgIpc) is 3.18. The van der Waals surface area contributed by atoms with Gasteiger partial charge in [0, 0.05) is 25.5 Å². The number of benzene rings is 2. The molecule has 0 spiro atoms. The number of nitrogens with one attached hydrogen (secondary N) is 2. The summed E-state index contributed by atoms with van der Waals surface area (Å²) in [6, 6.07) is 14.6. The molecular formula is C20H20FN3O3. The third-order valence-corrected chi connectivity index (χ3v) is 4.28. The van der Waals surface area contributed by atoms with Crippen LogP contribution in [0.25, 0.3) is 0 Å². The molecule has 2 atom stereocenters. The van der Waals surface area contributed by atoms with Crippen molar-refractivity contribution in [2.24, 2.45) is 5.16 Å². The summed E-state index contributed by atoms with van der Waals surface area (Å²) in [5, 5.41) is 9.17. The standard InChI is InChI=1S/C20H20FN3O3/c1-22-19(25)17(10-13-6-3-2-4-7-13)23-20(26)18-12-16(24-27-18)14-8-5-9-15(21)11-14/h2-9,11,17-18H,10,12H2,1H3,(H,22,25)(H,23,26)/t17-,18+/m0/s1. The maximum Gasteiger partial charge on any atom is 0.265 e. The van der Waals surface area contributed by atoms with Gasteiger partial charge in [0.1, 0.15) is 11.9 Å². The molecule has 2 amide bonds.